The van der Waals surface area contributed by atoms with Crippen LogP contribution in [0.25, 0.3) is 0 Å². The van der Waals surface area contributed by atoms with E-state index in [1.165, 1.54) is 17.1 Å². The van der Waals surface area contributed by atoms with Crippen LogP contribution in [0.5, 0.6) is 0 Å². The average molecular weight is 258 g/mol. The molecule has 0 unspecified atom stereocenters. The summed E-state index contributed by atoms with van der Waals surface area (Å²) in [5.74, 6) is 3.80. The maximum Gasteiger partial charge on any atom is 0.0663 e. The molecule has 0 saturated carbocycles. The van der Waals surface area contributed by atoms with E-state index in [0.29, 0.717) is 17.8 Å². The van der Waals surface area contributed by atoms with Crippen LogP contribution in [0.1, 0.15) is 5.56 Å². The lowest BCUT2D eigenvalue weighted by Gasteiger charge is -2.44. The molecule has 2 aliphatic heterocycles. The number of likely N-dealkylation sites (tertiary alicyclic amines) is 1. The van der Waals surface area contributed by atoms with Gasteiger partial charge in [0.05, 0.1) is 12.0 Å². The monoisotopic (exact) mass is 258 g/mol. The number of fused-ring (bicyclic) bond motifs is 2. The van der Waals surface area contributed by atoms with Crippen LogP contribution < -0.4 is 0 Å². The number of hydrogen-bond acceptors (Lipinski definition) is 3. The summed E-state index contributed by atoms with van der Waals surface area (Å²) in [5.41, 5.74) is 1.39. The van der Waals surface area contributed by atoms with Crippen molar-refractivity contribution in [2.24, 2.45) is 17.8 Å². The zero-order valence-corrected chi connectivity index (χ0v) is 11.3. The lowest BCUT2D eigenvalue weighted by atomic mass is 9.80. The van der Waals surface area contributed by atoms with Crippen molar-refractivity contribution < 1.29 is 0 Å². The van der Waals surface area contributed by atoms with Gasteiger partial charge < -0.3 is 0 Å². The van der Waals surface area contributed by atoms with E-state index in [1.54, 1.807) is 0 Å². The van der Waals surface area contributed by atoms with Crippen molar-refractivity contribution in [3.05, 3.63) is 35.9 Å². The second-order valence-corrected chi connectivity index (χ2v) is 6.47. The molecule has 3 rings (SSSR count). The Kier molecular flexibility index (Phi) is 3.58. The van der Waals surface area contributed by atoms with Gasteiger partial charge in [0.25, 0.3) is 0 Å². The molecule has 1 aromatic carbocycles. The fourth-order valence-corrected chi connectivity index (χ4v) is 4.58. The van der Waals surface area contributed by atoms with Gasteiger partial charge in [-0.15, -0.1) is 0 Å². The molecule has 0 amide bonds. The zero-order chi connectivity index (χ0) is 12.4. The molecular formula is C15H18N2S. The summed E-state index contributed by atoms with van der Waals surface area (Å²) in [6.07, 6.45) is 0. The van der Waals surface area contributed by atoms with E-state index in [0.717, 1.165) is 19.6 Å². The first kappa shape index (κ1) is 12.1. The zero-order valence-electron chi connectivity index (χ0n) is 10.5. The molecule has 0 N–H and O–H groups in total. The fraction of sp³-hybridized carbons (Fsp3) is 0.533. The summed E-state index contributed by atoms with van der Waals surface area (Å²) in [6.45, 7) is 3.23. The molecule has 2 bridgehead atoms. The minimum Gasteiger partial charge on any atom is -0.298 e. The van der Waals surface area contributed by atoms with Gasteiger partial charge in [-0.1, -0.05) is 30.3 Å². The summed E-state index contributed by atoms with van der Waals surface area (Å²) in [5, 5.41) is 9.30. The summed E-state index contributed by atoms with van der Waals surface area (Å²) >= 11 is 2.04. The standard InChI is InChI=1S/C15H18N2S/c16-6-15-13-8-17(9-14(15)11-18-10-13)7-12-4-2-1-3-5-12/h1-5,13-15H,7-11H2/t13-,14-/m1/s1. The van der Waals surface area contributed by atoms with Gasteiger partial charge in [-0.2, -0.15) is 17.0 Å². The highest BCUT2D eigenvalue weighted by atomic mass is 32.2. The van der Waals surface area contributed by atoms with Gasteiger partial charge in [-0.05, 0) is 28.9 Å². The Morgan fingerprint density at radius 3 is 2.44 bits per heavy atom. The first-order valence-electron chi connectivity index (χ1n) is 6.60. The van der Waals surface area contributed by atoms with E-state index in [-0.39, 0.29) is 0 Å². The Bertz CT molecular complexity index is 426. The molecule has 2 aliphatic rings. The van der Waals surface area contributed by atoms with Crippen molar-refractivity contribution in [2.75, 3.05) is 24.6 Å². The summed E-state index contributed by atoms with van der Waals surface area (Å²) in [6, 6.07) is 13.2. The summed E-state index contributed by atoms with van der Waals surface area (Å²) in [4.78, 5) is 2.54. The average Bonchev–Trinajstić information content (AvgIpc) is 2.39. The molecule has 0 spiro atoms. The van der Waals surface area contributed by atoms with E-state index in [1.807, 2.05) is 11.8 Å². The van der Waals surface area contributed by atoms with Crippen LogP contribution >= 0.6 is 11.8 Å². The predicted molar refractivity (Wildman–Crippen MR) is 75.1 cm³/mol. The first-order chi connectivity index (χ1) is 8.86. The summed E-state index contributed by atoms with van der Waals surface area (Å²) < 4.78 is 0. The molecule has 2 heterocycles. The van der Waals surface area contributed by atoms with E-state index < -0.39 is 0 Å². The molecule has 94 valence electrons. The first-order valence-corrected chi connectivity index (χ1v) is 7.76. The highest BCUT2D eigenvalue weighted by molar-refractivity contribution is 7.99. The SMILES string of the molecule is N#CC1[C@H]2CSC[C@H]1CN(Cc1ccccc1)C2. The van der Waals surface area contributed by atoms with E-state index in [9.17, 15) is 5.26 Å². The number of nitrogens with zero attached hydrogens (tertiary/aromatic N) is 2. The van der Waals surface area contributed by atoms with Crippen LogP contribution in [-0.2, 0) is 6.54 Å². The molecule has 2 saturated heterocycles. The second kappa shape index (κ2) is 5.34. The third kappa shape index (κ3) is 2.41. The molecule has 2 atom stereocenters. The van der Waals surface area contributed by atoms with Gasteiger partial charge in [0.1, 0.15) is 0 Å². The lowest BCUT2D eigenvalue weighted by molar-refractivity contribution is 0.0994. The van der Waals surface area contributed by atoms with Crippen molar-refractivity contribution in [3.63, 3.8) is 0 Å². The van der Waals surface area contributed by atoms with Gasteiger partial charge in [0.15, 0.2) is 0 Å². The quantitative estimate of drug-likeness (QED) is 0.816. The van der Waals surface area contributed by atoms with Crippen LogP contribution in [0.3, 0.4) is 0 Å². The van der Waals surface area contributed by atoms with E-state index in [4.69, 9.17) is 0 Å². The van der Waals surface area contributed by atoms with Crippen LogP contribution in [0, 0.1) is 29.1 Å². The van der Waals surface area contributed by atoms with E-state index in [2.05, 4.69) is 41.3 Å². The Labute approximate surface area is 113 Å². The Hall–Kier alpha value is -0.980. The number of hydrogen-bond donors (Lipinski definition) is 0. The van der Waals surface area contributed by atoms with Crippen molar-refractivity contribution in [3.8, 4) is 6.07 Å². The molecule has 0 aromatic heterocycles. The second-order valence-electron chi connectivity index (χ2n) is 5.39. The topological polar surface area (TPSA) is 27.0 Å². The van der Waals surface area contributed by atoms with Crippen LogP contribution in [0.15, 0.2) is 30.3 Å². The molecular weight excluding hydrogens is 240 g/mol. The van der Waals surface area contributed by atoms with Gasteiger partial charge in [0.2, 0.25) is 0 Å². The highest BCUT2D eigenvalue weighted by Gasteiger charge is 2.39. The molecule has 18 heavy (non-hydrogen) atoms. The van der Waals surface area contributed by atoms with Crippen LogP contribution in [-0.4, -0.2) is 29.5 Å². The maximum absolute atomic E-state index is 9.30. The smallest absolute Gasteiger partial charge is 0.0663 e. The Balaban J connectivity index is 1.68. The highest BCUT2D eigenvalue weighted by Crippen LogP contribution is 2.38. The number of thioether (sulfide) groups is 1. The summed E-state index contributed by atoms with van der Waals surface area (Å²) in [7, 11) is 0. The van der Waals surface area contributed by atoms with Gasteiger partial charge in [0, 0.05) is 19.6 Å². The molecule has 3 heteroatoms. The normalized spacial score (nSPS) is 31.8. The maximum atomic E-state index is 9.30. The number of nitriles is 1. The molecule has 0 radical (unpaired) electrons. The molecule has 2 nitrogen and oxygen atoms in total. The minimum atomic E-state index is 0.304. The number of piperidine rings is 1. The molecule has 0 aliphatic carbocycles. The minimum absolute atomic E-state index is 0.304. The van der Waals surface area contributed by atoms with Crippen molar-refractivity contribution >= 4 is 11.8 Å². The van der Waals surface area contributed by atoms with E-state index >= 15 is 0 Å². The van der Waals surface area contributed by atoms with Gasteiger partial charge in [-0.25, -0.2) is 0 Å². The fourth-order valence-electron chi connectivity index (χ4n) is 3.21. The van der Waals surface area contributed by atoms with Gasteiger partial charge >= 0.3 is 0 Å². The Morgan fingerprint density at radius 2 is 1.83 bits per heavy atom. The third-order valence-electron chi connectivity index (χ3n) is 4.06. The van der Waals surface area contributed by atoms with Crippen LogP contribution in [0.2, 0.25) is 0 Å². The Morgan fingerprint density at radius 1 is 1.17 bits per heavy atom. The van der Waals surface area contributed by atoms with Crippen molar-refractivity contribution in [1.29, 1.82) is 5.26 Å². The van der Waals surface area contributed by atoms with Gasteiger partial charge in [-0.3, -0.25) is 4.90 Å². The van der Waals surface area contributed by atoms with Crippen molar-refractivity contribution in [1.82, 2.24) is 4.90 Å². The molecule has 1 aromatic rings. The van der Waals surface area contributed by atoms with Crippen molar-refractivity contribution in [2.45, 2.75) is 6.54 Å². The lowest BCUT2D eigenvalue weighted by Crippen LogP contribution is -2.49. The molecule has 2 fully saturated rings. The third-order valence-corrected chi connectivity index (χ3v) is 5.39. The number of rotatable bonds is 2. The predicted octanol–water partition coefficient (Wildman–Crippen LogP) is 2.62. The largest absolute Gasteiger partial charge is 0.298 e. The van der Waals surface area contributed by atoms with Crippen LogP contribution in [0.4, 0.5) is 0 Å². The number of benzene rings is 1.